The van der Waals surface area contributed by atoms with Crippen molar-refractivity contribution in [1.29, 1.82) is 0 Å². The standard InChI is InChI=1S/C22H24F3N3O3/c23-22(24,25)31-19-11-5-4-7-16(19)13-26-20(29)15-28-12-6-8-17(14-28)21(30)27-18-9-2-1-3-10-18/h1-5,7,9-11,17H,6,8,12-15H2,(H,26,29)(H,27,30)/t17-/m0/s1. The van der Waals surface area contributed by atoms with E-state index in [2.05, 4.69) is 15.4 Å². The van der Waals surface area contributed by atoms with Crippen LogP contribution >= 0.6 is 0 Å². The van der Waals surface area contributed by atoms with Crippen LogP contribution in [-0.2, 0) is 16.1 Å². The molecule has 2 N–H and O–H groups in total. The molecule has 0 aliphatic carbocycles. The number of halogens is 3. The highest BCUT2D eigenvalue weighted by Crippen LogP contribution is 2.26. The molecular formula is C22H24F3N3O3. The van der Waals surface area contributed by atoms with Gasteiger partial charge >= 0.3 is 6.36 Å². The molecule has 0 radical (unpaired) electrons. The minimum absolute atomic E-state index is 0.0669. The largest absolute Gasteiger partial charge is 0.573 e. The van der Waals surface area contributed by atoms with Gasteiger partial charge in [0, 0.05) is 24.3 Å². The second-order valence-corrected chi connectivity index (χ2v) is 7.36. The SMILES string of the molecule is O=C(CN1CCC[C@H](C(=O)Nc2ccccc2)C1)NCc1ccccc1OC(F)(F)F. The molecule has 6 nitrogen and oxygen atoms in total. The molecule has 0 aromatic heterocycles. The van der Waals surface area contributed by atoms with E-state index >= 15 is 0 Å². The molecule has 1 aliphatic heterocycles. The van der Waals surface area contributed by atoms with Crippen LogP contribution in [0.15, 0.2) is 54.6 Å². The fourth-order valence-corrected chi connectivity index (χ4v) is 3.51. The summed E-state index contributed by atoms with van der Waals surface area (Å²) in [5.41, 5.74) is 0.953. The van der Waals surface area contributed by atoms with Crippen LogP contribution in [-0.4, -0.2) is 42.7 Å². The molecule has 1 heterocycles. The van der Waals surface area contributed by atoms with Gasteiger partial charge in [0.2, 0.25) is 11.8 Å². The molecule has 0 unspecified atom stereocenters. The van der Waals surface area contributed by atoms with Gasteiger partial charge in [0.25, 0.3) is 0 Å². The molecule has 2 aromatic rings. The lowest BCUT2D eigenvalue weighted by atomic mass is 9.97. The molecule has 1 aliphatic rings. The molecule has 0 saturated carbocycles. The second-order valence-electron chi connectivity index (χ2n) is 7.36. The number of likely N-dealkylation sites (tertiary alicyclic amines) is 1. The third-order valence-electron chi connectivity index (χ3n) is 4.96. The lowest BCUT2D eigenvalue weighted by molar-refractivity contribution is -0.274. The van der Waals surface area contributed by atoms with E-state index in [9.17, 15) is 22.8 Å². The molecule has 0 bridgehead atoms. The van der Waals surface area contributed by atoms with Crippen LogP contribution in [0.5, 0.6) is 5.75 Å². The number of amides is 2. The summed E-state index contributed by atoms with van der Waals surface area (Å²) in [7, 11) is 0. The van der Waals surface area contributed by atoms with Gasteiger partial charge in [-0.15, -0.1) is 13.2 Å². The third-order valence-corrected chi connectivity index (χ3v) is 4.96. The predicted molar refractivity (Wildman–Crippen MR) is 109 cm³/mol. The number of rotatable bonds is 7. The van der Waals surface area contributed by atoms with Gasteiger partial charge < -0.3 is 15.4 Å². The molecule has 1 saturated heterocycles. The summed E-state index contributed by atoms with van der Waals surface area (Å²) in [6, 6.07) is 14.8. The predicted octanol–water partition coefficient (Wildman–Crippen LogP) is 3.55. The first-order valence-corrected chi connectivity index (χ1v) is 9.99. The fourth-order valence-electron chi connectivity index (χ4n) is 3.51. The fraction of sp³-hybridized carbons (Fsp3) is 0.364. The summed E-state index contributed by atoms with van der Waals surface area (Å²) in [5.74, 6) is -0.992. The summed E-state index contributed by atoms with van der Waals surface area (Å²) in [6.45, 7) is 1.10. The zero-order chi connectivity index (χ0) is 22.3. The normalized spacial score (nSPS) is 17.1. The summed E-state index contributed by atoms with van der Waals surface area (Å²) in [4.78, 5) is 26.7. The molecule has 1 atom stereocenters. The molecule has 9 heteroatoms. The highest BCUT2D eigenvalue weighted by atomic mass is 19.4. The van der Waals surface area contributed by atoms with Gasteiger partial charge in [-0.3, -0.25) is 14.5 Å². The maximum Gasteiger partial charge on any atom is 0.573 e. The van der Waals surface area contributed by atoms with Crippen molar-refractivity contribution in [3.63, 3.8) is 0 Å². The zero-order valence-electron chi connectivity index (χ0n) is 16.8. The molecular weight excluding hydrogens is 411 g/mol. The number of carbonyl (C=O) groups excluding carboxylic acids is 2. The van der Waals surface area contributed by atoms with Crippen molar-refractivity contribution in [2.45, 2.75) is 25.7 Å². The minimum atomic E-state index is -4.80. The van der Waals surface area contributed by atoms with Crippen molar-refractivity contribution in [3.05, 3.63) is 60.2 Å². The van der Waals surface area contributed by atoms with Crippen molar-refractivity contribution < 1.29 is 27.5 Å². The summed E-state index contributed by atoms with van der Waals surface area (Å²) in [5, 5.41) is 5.51. The van der Waals surface area contributed by atoms with Crippen LogP contribution in [0.2, 0.25) is 0 Å². The van der Waals surface area contributed by atoms with E-state index in [4.69, 9.17) is 0 Å². The number of hydrogen-bond donors (Lipinski definition) is 2. The van der Waals surface area contributed by atoms with Crippen LogP contribution in [0.1, 0.15) is 18.4 Å². The number of anilines is 1. The van der Waals surface area contributed by atoms with Crippen LogP contribution < -0.4 is 15.4 Å². The van der Waals surface area contributed by atoms with Crippen molar-refractivity contribution in [3.8, 4) is 5.75 Å². The van der Waals surface area contributed by atoms with E-state index in [0.29, 0.717) is 13.1 Å². The Morgan fingerprint density at radius 2 is 1.77 bits per heavy atom. The van der Waals surface area contributed by atoms with Crippen molar-refractivity contribution in [2.24, 2.45) is 5.92 Å². The Morgan fingerprint density at radius 3 is 2.52 bits per heavy atom. The Morgan fingerprint density at radius 1 is 1.06 bits per heavy atom. The van der Waals surface area contributed by atoms with E-state index in [-0.39, 0.29) is 42.1 Å². The van der Waals surface area contributed by atoms with Crippen molar-refractivity contribution in [2.75, 3.05) is 25.0 Å². The molecule has 166 valence electrons. The highest BCUT2D eigenvalue weighted by molar-refractivity contribution is 5.92. The summed E-state index contributed by atoms with van der Waals surface area (Å²) >= 11 is 0. The molecule has 0 spiro atoms. The number of nitrogens with zero attached hydrogens (tertiary/aromatic N) is 1. The number of alkyl halides is 3. The van der Waals surface area contributed by atoms with Crippen LogP contribution in [0.4, 0.5) is 18.9 Å². The molecule has 31 heavy (non-hydrogen) atoms. The molecule has 1 fully saturated rings. The van der Waals surface area contributed by atoms with Crippen molar-refractivity contribution in [1.82, 2.24) is 10.2 Å². The lowest BCUT2D eigenvalue weighted by Gasteiger charge is -2.31. The molecule has 2 amide bonds. The number of benzene rings is 2. The first-order valence-electron chi connectivity index (χ1n) is 9.99. The third kappa shape index (κ3) is 7.29. The first-order chi connectivity index (χ1) is 14.8. The van der Waals surface area contributed by atoms with Gasteiger partial charge in [0.15, 0.2) is 0 Å². The van der Waals surface area contributed by atoms with E-state index in [1.165, 1.54) is 18.2 Å². The highest BCUT2D eigenvalue weighted by Gasteiger charge is 2.32. The molecule has 3 rings (SSSR count). The number of para-hydroxylation sites is 2. The van der Waals surface area contributed by atoms with Gasteiger partial charge in [-0.1, -0.05) is 36.4 Å². The number of carbonyl (C=O) groups is 2. The average molecular weight is 435 g/mol. The van der Waals surface area contributed by atoms with Crippen molar-refractivity contribution >= 4 is 17.5 Å². The Hall–Kier alpha value is -3.07. The Kier molecular flexibility index (Phi) is 7.51. The van der Waals surface area contributed by atoms with Gasteiger partial charge in [-0.25, -0.2) is 0 Å². The van der Waals surface area contributed by atoms with E-state index < -0.39 is 6.36 Å². The topological polar surface area (TPSA) is 70.7 Å². The number of piperidine rings is 1. The summed E-state index contributed by atoms with van der Waals surface area (Å²) in [6.07, 6.45) is -3.29. The first kappa shape index (κ1) is 22.6. The van der Waals surface area contributed by atoms with Crippen LogP contribution in [0.3, 0.4) is 0 Å². The minimum Gasteiger partial charge on any atom is -0.405 e. The quantitative estimate of drug-likeness (QED) is 0.698. The average Bonchev–Trinajstić information content (AvgIpc) is 2.73. The van der Waals surface area contributed by atoms with E-state index in [0.717, 1.165) is 18.5 Å². The number of nitrogens with one attached hydrogen (secondary N) is 2. The zero-order valence-corrected chi connectivity index (χ0v) is 16.8. The van der Waals surface area contributed by atoms with E-state index in [1.54, 1.807) is 6.07 Å². The smallest absolute Gasteiger partial charge is 0.405 e. The van der Waals surface area contributed by atoms with Gasteiger partial charge in [0.1, 0.15) is 5.75 Å². The number of ether oxygens (including phenoxy) is 1. The second kappa shape index (κ2) is 10.3. The Balaban J connectivity index is 1.49. The maximum atomic E-state index is 12.5. The summed E-state index contributed by atoms with van der Waals surface area (Å²) < 4.78 is 41.6. The van der Waals surface area contributed by atoms with Crippen LogP contribution in [0.25, 0.3) is 0 Å². The van der Waals surface area contributed by atoms with E-state index in [1.807, 2.05) is 35.2 Å². The Bertz CT molecular complexity index is 890. The van der Waals surface area contributed by atoms with Gasteiger partial charge in [-0.05, 0) is 37.6 Å². The number of hydrogen-bond acceptors (Lipinski definition) is 4. The Labute approximate surface area is 178 Å². The van der Waals surface area contributed by atoms with Gasteiger partial charge in [-0.2, -0.15) is 0 Å². The maximum absolute atomic E-state index is 12.5. The lowest BCUT2D eigenvalue weighted by Crippen LogP contribution is -2.45. The van der Waals surface area contributed by atoms with Gasteiger partial charge in [0.05, 0.1) is 12.5 Å². The monoisotopic (exact) mass is 435 g/mol. The van der Waals surface area contributed by atoms with Crippen LogP contribution in [0, 0.1) is 5.92 Å². The molecule has 2 aromatic carbocycles.